The molecule has 3 rings (SSSR count). The number of thioether (sulfide) groups is 1. The number of nitrogens with zero attached hydrogens (tertiary/aromatic N) is 2. The molecule has 124 valence electrons. The van der Waals surface area contributed by atoms with E-state index in [-0.39, 0.29) is 16.6 Å². The van der Waals surface area contributed by atoms with Crippen LogP contribution in [0, 0.1) is 5.82 Å². The topological polar surface area (TPSA) is 44.7 Å². The van der Waals surface area contributed by atoms with Gasteiger partial charge in [0.1, 0.15) is 5.82 Å². The maximum atomic E-state index is 13.2. The molecule has 1 aliphatic rings. The number of urea groups is 1. The van der Waals surface area contributed by atoms with Crippen LogP contribution in [0.25, 0.3) is 0 Å². The zero-order valence-electron chi connectivity index (χ0n) is 13.5. The molecule has 2 aromatic rings. The van der Waals surface area contributed by atoms with Gasteiger partial charge in [0.25, 0.3) is 0 Å². The standard InChI is InChI=1S/C18H18FN3OS/c1-18(2)12-20-17(24-18)22(15-10-8-13(19)9-11-15)16(23)21-14-6-4-3-5-7-14/h3-11H,12H2,1-2H3,(H,21,23). The van der Waals surface area contributed by atoms with E-state index in [1.165, 1.54) is 28.8 Å². The highest BCUT2D eigenvalue weighted by Gasteiger charge is 2.33. The van der Waals surface area contributed by atoms with Crippen molar-refractivity contribution in [3.05, 3.63) is 60.4 Å². The molecule has 6 heteroatoms. The second-order valence-electron chi connectivity index (χ2n) is 6.07. The first kappa shape index (κ1) is 16.5. The summed E-state index contributed by atoms with van der Waals surface area (Å²) in [5.74, 6) is -0.344. The van der Waals surface area contributed by atoms with Crippen LogP contribution in [0.5, 0.6) is 0 Å². The third kappa shape index (κ3) is 3.76. The van der Waals surface area contributed by atoms with Crippen LogP contribution in [0.2, 0.25) is 0 Å². The zero-order chi connectivity index (χ0) is 17.2. The number of benzene rings is 2. The summed E-state index contributed by atoms with van der Waals surface area (Å²) in [6.45, 7) is 4.78. The molecule has 0 saturated heterocycles. The van der Waals surface area contributed by atoms with E-state index in [1.807, 2.05) is 30.3 Å². The molecule has 0 aliphatic carbocycles. The van der Waals surface area contributed by atoms with Crippen LogP contribution in [0.4, 0.5) is 20.6 Å². The van der Waals surface area contributed by atoms with Crippen molar-refractivity contribution in [2.75, 3.05) is 16.8 Å². The van der Waals surface area contributed by atoms with E-state index >= 15 is 0 Å². The average molecular weight is 343 g/mol. The Morgan fingerprint density at radius 3 is 2.42 bits per heavy atom. The van der Waals surface area contributed by atoms with Crippen molar-refractivity contribution in [3.63, 3.8) is 0 Å². The molecule has 1 heterocycles. The lowest BCUT2D eigenvalue weighted by Crippen LogP contribution is -2.38. The van der Waals surface area contributed by atoms with Gasteiger partial charge in [0.15, 0.2) is 5.17 Å². The number of carbonyl (C=O) groups is 1. The first-order chi connectivity index (χ1) is 11.4. The number of para-hydroxylation sites is 1. The summed E-state index contributed by atoms with van der Waals surface area (Å²) in [6.07, 6.45) is 0. The molecule has 24 heavy (non-hydrogen) atoms. The zero-order valence-corrected chi connectivity index (χ0v) is 14.3. The van der Waals surface area contributed by atoms with Crippen molar-refractivity contribution < 1.29 is 9.18 Å². The monoisotopic (exact) mass is 343 g/mol. The van der Waals surface area contributed by atoms with Gasteiger partial charge in [-0.3, -0.25) is 4.99 Å². The number of hydrogen-bond acceptors (Lipinski definition) is 3. The molecule has 0 atom stereocenters. The molecule has 1 aliphatic heterocycles. The van der Waals surface area contributed by atoms with Crippen molar-refractivity contribution >= 4 is 34.3 Å². The van der Waals surface area contributed by atoms with Crippen molar-refractivity contribution in [2.45, 2.75) is 18.6 Å². The third-order valence-electron chi connectivity index (χ3n) is 3.47. The minimum Gasteiger partial charge on any atom is -0.307 e. The summed E-state index contributed by atoms with van der Waals surface area (Å²) < 4.78 is 13.2. The predicted molar refractivity (Wildman–Crippen MR) is 98.3 cm³/mol. The number of anilines is 2. The Labute approximate surface area is 144 Å². The molecule has 0 radical (unpaired) electrons. The lowest BCUT2D eigenvalue weighted by Gasteiger charge is -2.24. The van der Waals surface area contributed by atoms with E-state index in [9.17, 15) is 9.18 Å². The molecular weight excluding hydrogens is 325 g/mol. The van der Waals surface area contributed by atoms with Gasteiger partial charge in [-0.1, -0.05) is 30.0 Å². The summed E-state index contributed by atoms with van der Waals surface area (Å²) in [7, 11) is 0. The summed E-state index contributed by atoms with van der Waals surface area (Å²) in [5.41, 5.74) is 1.27. The third-order valence-corrected chi connectivity index (χ3v) is 4.64. The molecule has 0 saturated carbocycles. The van der Waals surface area contributed by atoms with Gasteiger partial charge in [-0.25, -0.2) is 14.1 Å². The molecule has 0 unspecified atom stereocenters. The number of aliphatic imine (C=N–C) groups is 1. The quantitative estimate of drug-likeness (QED) is 0.855. The number of halogens is 1. The Hall–Kier alpha value is -2.34. The molecule has 4 nitrogen and oxygen atoms in total. The minimum atomic E-state index is -0.344. The van der Waals surface area contributed by atoms with Crippen molar-refractivity contribution in [1.29, 1.82) is 0 Å². The maximum absolute atomic E-state index is 13.2. The number of carbonyl (C=O) groups excluding carboxylic acids is 1. The van der Waals surface area contributed by atoms with Crippen LogP contribution in [0.3, 0.4) is 0 Å². The molecule has 2 aromatic carbocycles. The first-order valence-electron chi connectivity index (χ1n) is 7.60. The van der Waals surface area contributed by atoms with Crippen LogP contribution < -0.4 is 10.2 Å². The summed E-state index contributed by atoms with van der Waals surface area (Å²) in [5, 5.41) is 3.47. The lowest BCUT2D eigenvalue weighted by molar-refractivity contribution is 0.259. The fourth-order valence-electron chi connectivity index (χ4n) is 2.29. The van der Waals surface area contributed by atoms with E-state index < -0.39 is 0 Å². The lowest BCUT2D eigenvalue weighted by atomic mass is 10.2. The van der Waals surface area contributed by atoms with Gasteiger partial charge >= 0.3 is 6.03 Å². The first-order valence-corrected chi connectivity index (χ1v) is 8.41. The van der Waals surface area contributed by atoms with E-state index in [1.54, 1.807) is 12.1 Å². The number of hydrogen-bond donors (Lipinski definition) is 1. The Balaban J connectivity index is 1.90. The van der Waals surface area contributed by atoms with Gasteiger partial charge in [-0.05, 0) is 50.2 Å². The van der Waals surface area contributed by atoms with E-state index in [0.717, 1.165) is 0 Å². The van der Waals surface area contributed by atoms with E-state index in [2.05, 4.69) is 24.2 Å². The highest BCUT2D eigenvalue weighted by Crippen LogP contribution is 2.35. The van der Waals surface area contributed by atoms with Crippen LogP contribution >= 0.6 is 11.8 Å². The van der Waals surface area contributed by atoms with Crippen LogP contribution in [-0.4, -0.2) is 22.5 Å². The number of nitrogens with one attached hydrogen (secondary N) is 1. The minimum absolute atomic E-state index is 0.0688. The van der Waals surface area contributed by atoms with Crippen molar-refractivity contribution in [2.24, 2.45) is 4.99 Å². The number of rotatable bonds is 2. The normalized spacial score (nSPS) is 15.7. The smallest absolute Gasteiger partial charge is 0.307 e. The van der Waals surface area contributed by atoms with Gasteiger partial charge in [-0.15, -0.1) is 0 Å². The summed E-state index contributed by atoms with van der Waals surface area (Å²) in [4.78, 5) is 18.8. The highest BCUT2D eigenvalue weighted by molar-refractivity contribution is 8.15. The Bertz CT molecular complexity index is 760. The van der Waals surface area contributed by atoms with Gasteiger partial charge in [0.05, 0.1) is 12.2 Å². The Morgan fingerprint density at radius 1 is 1.17 bits per heavy atom. The number of amides is 2. The fourth-order valence-corrected chi connectivity index (χ4v) is 3.32. The maximum Gasteiger partial charge on any atom is 0.332 e. The van der Waals surface area contributed by atoms with Gasteiger partial charge < -0.3 is 5.32 Å². The van der Waals surface area contributed by atoms with Crippen molar-refractivity contribution in [1.82, 2.24) is 0 Å². The predicted octanol–water partition coefficient (Wildman–Crippen LogP) is 4.75. The molecule has 1 N–H and O–H groups in total. The second-order valence-corrected chi connectivity index (χ2v) is 7.74. The average Bonchev–Trinajstić information content (AvgIpc) is 2.90. The second kappa shape index (κ2) is 6.65. The van der Waals surface area contributed by atoms with Crippen LogP contribution in [-0.2, 0) is 0 Å². The van der Waals surface area contributed by atoms with E-state index in [0.29, 0.717) is 23.1 Å². The van der Waals surface area contributed by atoms with Crippen molar-refractivity contribution in [3.8, 4) is 0 Å². The van der Waals surface area contributed by atoms with Crippen LogP contribution in [0.15, 0.2) is 59.6 Å². The summed E-state index contributed by atoms with van der Waals surface area (Å²) in [6, 6.07) is 14.7. The highest BCUT2D eigenvalue weighted by atomic mass is 32.2. The molecular formula is C18H18FN3OS. The molecule has 0 spiro atoms. The van der Waals surface area contributed by atoms with Gasteiger partial charge in [-0.2, -0.15) is 0 Å². The summed E-state index contributed by atoms with van der Waals surface area (Å²) >= 11 is 1.54. The Morgan fingerprint density at radius 2 is 1.83 bits per heavy atom. The Kier molecular flexibility index (Phi) is 4.57. The molecule has 0 aromatic heterocycles. The SMILES string of the molecule is CC1(C)CN=C(N(C(=O)Nc2ccccc2)c2ccc(F)cc2)S1. The molecule has 0 bridgehead atoms. The van der Waals surface area contributed by atoms with Gasteiger partial charge in [0, 0.05) is 10.4 Å². The number of amidine groups is 1. The van der Waals surface area contributed by atoms with Gasteiger partial charge in [0.2, 0.25) is 0 Å². The van der Waals surface area contributed by atoms with Crippen LogP contribution in [0.1, 0.15) is 13.8 Å². The largest absolute Gasteiger partial charge is 0.332 e. The molecule has 0 fully saturated rings. The molecule has 2 amide bonds. The fraction of sp³-hybridized carbons (Fsp3) is 0.222. The van der Waals surface area contributed by atoms with E-state index in [4.69, 9.17) is 0 Å².